The van der Waals surface area contributed by atoms with Crippen LogP contribution >= 0.6 is 0 Å². The molecule has 0 saturated carbocycles. The van der Waals surface area contributed by atoms with Crippen molar-refractivity contribution in [3.63, 3.8) is 0 Å². The van der Waals surface area contributed by atoms with Crippen molar-refractivity contribution in [3.05, 3.63) is 48.6 Å². The van der Waals surface area contributed by atoms with E-state index in [1.807, 2.05) is 30.3 Å². The summed E-state index contributed by atoms with van der Waals surface area (Å²) in [6.45, 7) is 4.34. The molecule has 1 N–H and O–H groups in total. The number of carbonyl (C=O) groups excluding carboxylic acids is 1. The number of hydrogen-bond donors (Lipinski definition) is 1. The minimum atomic E-state index is -0.424. The molecule has 90 valence electrons. The number of ether oxygens (including phenoxy) is 2. The summed E-state index contributed by atoms with van der Waals surface area (Å²) in [5.74, 6) is 0. The summed E-state index contributed by atoms with van der Waals surface area (Å²) < 4.78 is 10.2. The van der Waals surface area contributed by atoms with Crippen LogP contribution in [0.5, 0.6) is 0 Å². The van der Waals surface area contributed by atoms with Gasteiger partial charge in [0.1, 0.15) is 18.8 Å². The lowest BCUT2D eigenvalue weighted by molar-refractivity contribution is 0.135. The van der Waals surface area contributed by atoms with Gasteiger partial charge in [-0.15, -0.1) is 6.58 Å². The van der Waals surface area contributed by atoms with Crippen molar-refractivity contribution in [1.29, 1.82) is 0 Å². The molecule has 1 aliphatic rings. The molecule has 1 aromatic carbocycles. The highest BCUT2D eigenvalue weighted by Crippen LogP contribution is 2.22. The average Bonchev–Trinajstić information content (AvgIpc) is 3.14. The Morgan fingerprint density at radius 1 is 1.47 bits per heavy atom. The third kappa shape index (κ3) is 3.60. The maximum Gasteiger partial charge on any atom is 0.407 e. The van der Waals surface area contributed by atoms with Gasteiger partial charge in [-0.3, -0.25) is 0 Å². The lowest BCUT2D eigenvalue weighted by Gasteiger charge is -2.05. The first-order valence-electron chi connectivity index (χ1n) is 5.52. The molecule has 1 fully saturated rings. The van der Waals surface area contributed by atoms with Crippen molar-refractivity contribution in [2.75, 3.05) is 6.61 Å². The van der Waals surface area contributed by atoms with Crippen LogP contribution in [0.2, 0.25) is 0 Å². The largest absolute Gasteiger partial charge is 0.447 e. The van der Waals surface area contributed by atoms with Gasteiger partial charge in [-0.05, 0) is 5.56 Å². The molecule has 0 bridgehead atoms. The molecule has 1 aliphatic heterocycles. The van der Waals surface area contributed by atoms with Crippen LogP contribution in [0.1, 0.15) is 5.56 Å². The Balaban J connectivity index is 1.63. The smallest absolute Gasteiger partial charge is 0.407 e. The van der Waals surface area contributed by atoms with Crippen LogP contribution in [0, 0.1) is 0 Å². The Morgan fingerprint density at radius 3 is 2.88 bits per heavy atom. The van der Waals surface area contributed by atoms with Gasteiger partial charge in [0.2, 0.25) is 0 Å². The van der Waals surface area contributed by atoms with E-state index in [0.29, 0.717) is 6.54 Å². The Hall–Kier alpha value is -1.81. The lowest BCUT2D eigenvalue weighted by Crippen LogP contribution is -2.25. The van der Waals surface area contributed by atoms with Crippen molar-refractivity contribution in [2.45, 2.75) is 18.8 Å². The molecule has 4 heteroatoms. The first kappa shape index (κ1) is 11.7. The molecule has 1 saturated heterocycles. The van der Waals surface area contributed by atoms with Gasteiger partial charge in [-0.25, -0.2) is 4.79 Å². The van der Waals surface area contributed by atoms with Crippen LogP contribution in [-0.2, 0) is 16.0 Å². The summed E-state index contributed by atoms with van der Waals surface area (Å²) in [7, 11) is 0. The van der Waals surface area contributed by atoms with Crippen molar-refractivity contribution < 1.29 is 14.3 Å². The molecule has 2 atom stereocenters. The number of epoxide rings is 1. The average molecular weight is 233 g/mol. The van der Waals surface area contributed by atoms with Crippen LogP contribution in [0.15, 0.2) is 43.0 Å². The molecule has 1 heterocycles. The third-order valence-corrected chi connectivity index (χ3v) is 2.51. The summed E-state index contributed by atoms with van der Waals surface area (Å²) in [4.78, 5) is 11.3. The minimum Gasteiger partial charge on any atom is -0.447 e. The zero-order chi connectivity index (χ0) is 12.1. The van der Waals surface area contributed by atoms with Crippen molar-refractivity contribution in [2.24, 2.45) is 0 Å². The number of carbonyl (C=O) groups is 1. The predicted molar refractivity (Wildman–Crippen MR) is 63.5 cm³/mol. The first-order chi connectivity index (χ1) is 8.29. The van der Waals surface area contributed by atoms with Crippen LogP contribution in [0.25, 0.3) is 0 Å². The summed E-state index contributed by atoms with van der Waals surface area (Å²) >= 11 is 0. The Bertz CT molecular complexity index is 391. The van der Waals surface area contributed by atoms with E-state index in [-0.39, 0.29) is 18.8 Å². The van der Waals surface area contributed by atoms with Gasteiger partial charge in [0.05, 0.1) is 0 Å². The fourth-order valence-electron chi connectivity index (χ4n) is 1.48. The van der Waals surface area contributed by atoms with E-state index in [2.05, 4.69) is 11.9 Å². The molecular formula is C13H15NO3. The molecule has 0 aliphatic carbocycles. The number of hydrogen-bond acceptors (Lipinski definition) is 3. The van der Waals surface area contributed by atoms with Gasteiger partial charge in [-0.1, -0.05) is 36.4 Å². The van der Waals surface area contributed by atoms with Crippen molar-refractivity contribution >= 4 is 6.09 Å². The van der Waals surface area contributed by atoms with Crippen LogP contribution in [0.3, 0.4) is 0 Å². The van der Waals surface area contributed by atoms with Crippen molar-refractivity contribution in [3.8, 4) is 0 Å². The zero-order valence-electron chi connectivity index (χ0n) is 9.46. The minimum absolute atomic E-state index is 0.0185. The van der Waals surface area contributed by atoms with Gasteiger partial charge < -0.3 is 14.8 Å². The van der Waals surface area contributed by atoms with E-state index >= 15 is 0 Å². The molecular weight excluding hydrogens is 218 g/mol. The molecule has 0 radical (unpaired) electrons. The Kier molecular flexibility index (Phi) is 3.77. The number of nitrogens with one attached hydrogen (secondary N) is 1. The highest BCUT2D eigenvalue weighted by Gasteiger charge is 2.37. The summed E-state index contributed by atoms with van der Waals surface area (Å²) in [6, 6.07) is 9.67. The van der Waals surface area contributed by atoms with E-state index in [9.17, 15) is 4.79 Å². The molecule has 2 rings (SSSR count). The topological polar surface area (TPSA) is 50.9 Å². The first-order valence-corrected chi connectivity index (χ1v) is 5.52. The van der Waals surface area contributed by atoms with E-state index in [1.54, 1.807) is 6.08 Å². The SMILES string of the molecule is C=C[C@H]1O[C@@H]1COC(=O)NCc1ccccc1. The molecule has 0 unspecified atom stereocenters. The molecule has 1 aromatic rings. The standard InChI is InChI=1S/C13H15NO3/c1-2-11-12(17-11)9-16-13(15)14-8-10-6-4-3-5-7-10/h2-7,11-12H,1,8-9H2,(H,14,15)/t11-,12-/m1/s1. The fraction of sp³-hybridized carbons (Fsp3) is 0.308. The number of rotatable bonds is 5. The highest BCUT2D eigenvalue weighted by molar-refractivity contribution is 5.67. The second-order valence-corrected chi connectivity index (χ2v) is 3.81. The van der Waals surface area contributed by atoms with E-state index in [1.165, 1.54) is 0 Å². The fourth-order valence-corrected chi connectivity index (χ4v) is 1.48. The van der Waals surface area contributed by atoms with Gasteiger partial charge >= 0.3 is 6.09 Å². The maximum atomic E-state index is 11.3. The van der Waals surface area contributed by atoms with Gasteiger partial charge in [0.25, 0.3) is 0 Å². The third-order valence-electron chi connectivity index (χ3n) is 2.51. The maximum absolute atomic E-state index is 11.3. The summed E-state index contributed by atoms with van der Waals surface area (Å²) in [5.41, 5.74) is 1.04. The molecule has 17 heavy (non-hydrogen) atoms. The normalized spacial score (nSPS) is 21.6. The van der Waals surface area contributed by atoms with Crippen LogP contribution in [-0.4, -0.2) is 24.9 Å². The van der Waals surface area contributed by atoms with E-state index < -0.39 is 6.09 Å². The van der Waals surface area contributed by atoms with E-state index in [4.69, 9.17) is 9.47 Å². The van der Waals surface area contributed by atoms with Crippen LogP contribution < -0.4 is 5.32 Å². The Labute approximate surface area is 100 Å². The second-order valence-electron chi connectivity index (χ2n) is 3.81. The molecule has 4 nitrogen and oxygen atoms in total. The molecule has 0 spiro atoms. The van der Waals surface area contributed by atoms with Gasteiger partial charge in [0.15, 0.2) is 0 Å². The predicted octanol–water partition coefficient (Wildman–Crippen LogP) is 1.87. The van der Waals surface area contributed by atoms with E-state index in [0.717, 1.165) is 5.56 Å². The number of amides is 1. The molecule has 1 amide bonds. The van der Waals surface area contributed by atoms with Crippen molar-refractivity contribution in [1.82, 2.24) is 5.32 Å². The number of benzene rings is 1. The Morgan fingerprint density at radius 2 is 2.24 bits per heavy atom. The quantitative estimate of drug-likeness (QED) is 0.624. The number of alkyl carbamates (subject to hydrolysis) is 1. The van der Waals surface area contributed by atoms with Gasteiger partial charge in [-0.2, -0.15) is 0 Å². The molecule has 0 aromatic heterocycles. The van der Waals surface area contributed by atoms with Gasteiger partial charge in [0, 0.05) is 6.54 Å². The summed E-state index contributed by atoms with van der Waals surface area (Å²) in [6.07, 6.45) is 1.30. The monoisotopic (exact) mass is 233 g/mol. The lowest BCUT2D eigenvalue weighted by atomic mass is 10.2. The summed E-state index contributed by atoms with van der Waals surface area (Å²) in [5, 5.41) is 2.67. The second kappa shape index (κ2) is 5.50. The van der Waals surface area contributed by atoms with Crippen LogP contribution in [0.4, 0.5) is 4.79 Å². The zero-order valence-corrected chi connectivity index (χ0v) is 9.46. The highest BCUT2D eigenvalue weighted by atomic mass is 16.6.